The van der Waals surface area contributed by atoms with Gasteiger partial charge in [0.15, 0.2) is 6.29 Å². The minimum atomic E-state index is 0.232. The van der Waals surface area contributed by atoms with Gasteiger partial charge in [0.25, 0.3) is 0 Å². The SMILES string of the molecule is COc1nc(C)nc(OC)c1C=O. The van der Waals surface area contributed by atoms with E-state index < -0.39 is 0 Å². The highest BCUT2D eigenvalue weighted by atomic mass is 16.5. The Morgan fingerprint density at radius 2 is 1.62 bits per heavy atom. The van der Waals surface area contributed by atoms with E-state index in [1.807, 2.05) is 0 Å². The molecule has 13 heavy (non-hydrogen) atoms. The Kier molecular flexibility index (Phi) is 2.79. The maximum absolute atomic E-state index is 10.6. The molecule has 0 aliphatic rings. The quantitative estimate of drug-likeness (QED) is 0.641. The summed E-state index contributed by atoms with van der Waals surface area (Å²) in [4.78, 5) is 18.5. The van der Waals surface area contributed by atoms with Crippen LogP contribution in [0.4, 0.5) is 0 Å². The summed E-state index contributed by atoms with van der Waals surface area (Å²) in [5, 5.41) is 0. The summed E-state index contributed by atoms with van der Waals surface area (Å²) < 4.78 is 9.79. The van der Waals surface area contributed by atoms with E-state index in [2.05, 4.69) is 9.97 Å². The average Bonchev–Trinajstić information content (AvgIpc) is 2.16. The van der Waals surface area contributed by atoms with Crippen molar-refractivity contribution in [3.8, 4) is 11.8 Å². The lowest BCUT2D eigenvalue weighted by Gasteiger charge is -2.06. The number of methoxy groups -OCH3 is 2. The third-order valence-corrected chi connectivity index (χ3v) is 1.49. The fourth-order valence-corrected chi connectivity index (χ4v) is 0.943. The number of hydrogen-bond acceptors (Lipinski definition) is 5. The van der Waals surface area contributed by atoms with E-state index in [0.29, 0.717) is 12.1 Å². The van der Waals surface area contributed by atoms with Crippen molar-refractivity contribution in [1.29, 1.82) is 0 Å². The van der Waals surface area contributed by atoms with Gasteiger partial charge in [-0.25, -0.2) is 0 Å². The van der Waals surface area contributed by atoms with Crippen LogP contribution in [-0.2, 0) is 0 Å². The van der Waals surface area contributed by atoms with Crippen molar-refractivity contribution in [1.82, 2.24) is 9.97 Å². The topological polar surface area (TPSA) is 61.3 Å². The van der Waals surface area contributed by atoms with Crippen LogP contribution in [0, 0.1) is 6.92 Å². The van der Waals surface area contributed by atoms with Crippen molar-refractivity contribution in [3.05, 3.63) is 11.4 Å². The van der Waals surface area contributed by atoms with Crippen molar-refractivity contribution < 1.29 is 14.3 Å². The number of aromatic nitrogens is 2. The summed E-state index contributed by atoms with van der Waals surface area (Å²) in [5.41, 5.74) is 0.232. The summed E-state index contributed by atoms with van der Waals surface area (Å²) >= 11 is 0. The molecule has 1 aromatic rings. The Morgan fingerprint density at radius 1 is 1.15 bits per heavy atom. The molecular formula is C8H10N2O3. The molecule has 1 rings (SSSR count). The Bertz CT molecular complexity index is 300. The lowest BCUT2D eigenvalue weighted by molar-refractivity contribution is 0.111. The van der Waals surface area contributed by atoms with Crippen LogP contribution in [0.15, 0.2) is 0 Å². The molecule has 5 heteroatoms. The second-order valence-corrected chi connectivity index (χ2v) is 2.32. The first-order valence-electron chi connectivity index (χ1n) is 3.64. The molecule has 0 aromatic carbocycles. The van der Waals surface area contributed by atoms with Crippen LogP contribution in [0.25, 0.3) is 0 Å². The third kappa shape index (κ3) is 1.74. The first kappa shape index (κ1) is 9.44. The highest BCUT2D eigenvalue weighted by Crippen LogP contribution is 2.21. The van der Waals surface area contributed by atoms with Gasteiger partial charge in [-0.2, -0.15) is 9.97 Å². The molecule has 0 amide bonds. The highest BCUT2D eigenvalue weighted by Gasteiger charge is 2.12. The molecule has 0 saturated heterocycles. The van der Waals surface area contributed by atoms with Gasteiger partial charge in [0.2, 0.25) is 11.8 Å². The van der Waals surface area contributed by atoms with Crippen molar-refractivity contribution in [3.63, 3.8) is 0 Å². The van der Waals surface area contributed by atoms with E-state index in [9.17, 15) is 4.79 Å². The molecule has 0 spiro atoms. The Balaban J connectivity index is 3.33. The van der Waals surface area contributed by atoms with Crippen LogP contribution in [0.5, 0.6) is 11.8 Å². The molecular weight excluding hydrogens is 172 g/mol. The molecule has 0 aliphatic carbocycles. The maximum atomic E-state index is 10.6. The normalized spacial score (nSPS) is 9.46. The molecule has 70 valence electrons. The molecule has 1 heterocycles. The average molecular weight is 182 g/mol. The lowest BCUT2D eigenvalue weighted by atomic mass is 10.3. The van der Waals surface area contributed by atoms with Gasteiger partial charge in [-0.1, -0.05) is 0 Å². The minimum absolute atomic E-state index is 0.232. The van der Waals surface area contributed by atoms with E-state index in [1.54, 1.807) is 6.92 Å². The zero-order chi connectivity index (χ0) is 9.84. The Morgan fingerprint density at radius 3 is 1.92 bits per heavy atom. The zero-order valence-electron chi connectivity index (χ0n) is 7.70. The van der Waals surface area contributed by atoms with E-state index in [1.165, 1.54) is 14.2 Å². The number of aldehydes is 1. The molecule has 0 unspecified atom stereocenters. The van der Waals surface area contributed by atoms with Crippen LogP contribution >= 0.6 is 0 Å². The van der Waals surface area contributed by atoms with Crippen molar-refractivity contribution in [2.75, 3.05) is 14.2 Å². The number of aryl methyl sites for hydroxylation is 1. The standard InChI is InChI=1S/C8H10N2O3/c1-5-9-7(12-2)6(4-11)8(10-5)13-3/h4H,1-3H3. The second kappa shape index (κ2) is 3.84. The van der Waals surface area contributed by atoms with E-state index in [4.69, 9.17) is 9.47 Å². The van der Waals surface area contributed by atoms with Crippen LogP contribution in [0.2, 0.25) is 0 Å². The number of rotatable bonds is 3. The molecule has 0 saturated carbocycles. The van der Waals surface area contributed by atoms with E-state index >= 15 is 0 Å². The van der Waals surface area contributed by atoms with Gasteiger partial charge >= 0.3 is 0 Å². The molecule has 0 fully saturated rings. The van der Waals surface area contributed by atoms with Crippen LogP contribution < -0.4 is 9.47 Å². The van der Waals surface area contributed by atoms with Crippen LogP contribution in [0.1, 0.15) is 16.2 Å². The van der Waals surface area contributed by atoms with Gasteiger partial charge in [-0.3, -0.25) is 4.79 Å². The Hall–Kier alpha value is -1.65. The fraction of sp³-hybridized carbons (Fsp3) is 0.375. The summed E-state index contributed by atoms with van der Waals surface area (Å²) in [6, 6.07) is 0. The zero-order valence-corrected chi connectivity index (χ0v) is 7.70. The monoisotopic (exact) mass is 182 g/mol. The van der Waals surface area contributed by atoms with E-state index in [0.717, 1.165) is 0 Å². The van der Waals surface area contributed by atoms with Gasteiger partial charge in [0, 0.05) is 0 Å². The van der Waals surface area contributed by atoms with Crippen molar-refractivity contribution in [2.45, 2.75) is 6.92 Å². The number of nitrogens with zero attached hydrogens (tertiary/aromatic N) is 2. The molecule has 0 atom stereocenters. The largest absolute Gasteiger partial charge is 0.480 e. The van der Waals surface area contributed by atoms with Crippen molar-refractivity contribution in [2.24, 2.45) is 0 Å². The predicted octanol–water partition coefficient (Wildman–Crippen LogP) is 0.615. The van der Waals surface area contributed by atoms with Crippen LogP contribution in [-0.4, -0.2) is 30.5 Å². The van der Waals surface area contributed by atoms with Crippen LogP contribution in [0.3, 0.4) is 0 Å². The summed E-state index contributed by atoms with van der Waals surface area (Å²) in [6.07, 6.45) is 0.608. The highest BCUT2D eigenvalue weighted by molar-refractivity contribution is 5.81. The number of carbonyl (C=O) groups is 1. The number of carbonyl (C=O) groups excluding carboxylic acids is 1. The first-order valence-corrected chi connectivity index (χ1v) is 3.64. The first-order chi connectivity index (χ1) is 6.22. The predicted molar refractivity (Wildman–Crippen MR) is 45.3 cm³/mol. The lowest BCUT2D eigenvalue weighted by Crippen LogP contribution is -2.02. The molecule has 0 aliphatic heterocycles. The van der Waals surface area contributed by atoms with Crippen molar-refractivity contribution >= 4 is 6.29 Å². The minimum Gasteiger partial charge on any atom is -0.480 e. The smallest absolute Gasteiger partial charge is 0.231 e. The summed E-state index contributed by atoms with van der Waals surface area (Å²) in [5.74, 6) is 0.970. The molecule has 0 N–H and O–H groups in total. The van der Waals surface area contributed by atoms with Gasteiger partial charge in [0.1, 0.15) is 11.4 Å². The van der Waals surface area contributed by atoms with Gasteiger partial charge in [0.05, 0.1) is 14.2 Å². The summed E-state index contributed by atoms with van der Waals surface area (Å²) in [7, 11) is 2.88. The fourth-order valence-electron chi connectivity index (χ4n) is 0.943. The van der Waals surface area contributed by atoms with Gasteiger partial charge in [-0.05, 0) is 6.92 Å². The molecule has 0 radical (unpaired) electrons. The van der Waals surface area contributed by atoms with E-state index in [-0.39, 0.29) is 17.3 Å². The second-order valence-electron chi connectivity index (χ2n) is 2.32. The number of ether oxygens (including phenoxy) is 2. The van der Waals surface area contributed by atoms with Gasteiger partial charge < -0.3 is 9.47 Å². The Labute approximate surface area is 75.7 Å². The molecule has 5 nitrogen and oxygen atoms in total. The third-order valence-electron chi connectivity index (χ3n) is 1.49. The van der Waals surface area contributed by atoms with Gasteiger partial charge in [-0.15, -0.1) is 0 Å². The summed E-state index contributed by atoms with van der Waals surface area (Å²) in [6.45, 7) is 1.69. The molecule has 0 bridgehead atoms. The molecule has 1 aromatic heterocycles. The number of hydrogen-bond donors (Lipinski definition) is 0. The maximum Gasteiger partial charge on any atom is 0.231 e.